The van der Waals surface area contributed by atoms with Gasteiger partial charge in [0.2, 0.25) is 11.8 Å². The molecule has 2 aromatic rings. The van der Waals surface area contributed by atoms with E-state index in [0.29, 0.717) is 10.8 Å². The third-order valence-corrected chi connectivity index (χ3v) is 6.46. The molecule has 1 aliphatic heterocycles. The average Bonchev–Trinajstić information content (AvgIpc) is 2.95. The minimum absolute atomic E-state index is 0.0335. The summed E-state index contributed by atoms with van der Waals surface area (Å²) in [6, 6.07) is 7.19. The Balaban J connectivity index is 1.66. The van der Waals surface area contributed by atoms with Crippen LogP contribution >= 0.6 is 0 Å². The van der Waals surface area contributed by atoms with Gasteiger partial charge in [-0.2, -0.15) is 0 Å². The lowest BCUT2D eigenvalue weighted by Gasteiger charge is -2.30. The fourth-order valence-electron chi connectivity index (χ4n) is 4.21. The van der Waals surface area contributed by atoms with Crippen molar-refractivity contribution in [1.82, 2.24) is 10.6 Å². The number of fused-ring (bicyclic) bond motifs is 1. The molecule has 0 bridgehead atoms. The molecule has 3 amide bonds. The number of aliphatic hydroxyl groups excluding tert-OH is 3. The Morgan fingerprint density at radius 2 is 1.74 bits per heavy atom. The number of benzene rings is 2. The fraction of sp³-hybridized carbons (Fsp3) is 0.393. The second-order valence-electron chi connectivity index (χ2n) is 9.66. The van der Waals surface area contributed by atoms with Crippen LogP contribution in [0.3, 0.4) is 0 Å². The van der Waals surface area contributed by atoms with E-state index in [2.05, 4.69) is 16.0 Å². The highest BCUT2D eigenvalue weighted by Crippen LogP contribution is 2.27. The second-order valence-corrected chi connectivity index (χ2v) is 9.66. The monoisotopic (exact) mass is 603 g/mol. The van der Waals surface area contributed by atoms with Gasteiger partial charge in [0, 0.05) is 6.42 Å². The molecule has 1 heterocycles. The molecule has 0 radical (unpaired) electrons. The second kappa shape index (κ2) is 15.1. The molecule has 0 saturated carbocycles. The zero-order valence-corrected chi connectivity index (χ0v) is 23.1. The predicted molar refractivity (Wildman–Crippen MR) is 149 cm³/mol. The van der Waals surface area contributed by atoms with Gasteiger partial charge in [-0.05, 0) is 36.3 Å². The number of carboxylic acids is 2. The summed E-state index contributed by atoms with van der Waals surface area (Å²) >= 11 is 0. The Morgan fingerprint density at radius 3 is 2.42 bits per heavy atom. The summed E-state index contributed by atoms with van der Waals surface area (Å²) in [5.74, 6) is -5.14. The molecule has 15 heteroatoms. The summed E-state index contributed by atoms with van der Waals surface area (Å²) in [6.45, 7) is 0.623. The van der Waals surface area contributed by atoms with E-state index in [0.717, 1.165) is 6.08 Å². The smallest absolute Gasteiger partial charge is 0.326 e. The molecule has 1 aliphatic rings. The molecule has 15 nitrogen and oxygen atoms in total. The van der Waals surface area contributed by atoms with Crippen LogP contribution in [-0.2, 0) is 28.7 Å². The number of anilines is 1. The van der Waals surface area contributed by atoms with Gasteiger partial charge in [-0.25, -0.2) is 4.79 Å². The Labute approximate surface area is 245 Å². The molecule has 0 aliphatic carbocycles. The van der Waals surface area contributed by atoms with Crippen LogP contribution in [0.2, 0.25) is 0 Å². The molecular weight excluding hydrogens is 570 g/mol. The lowest BCUT2D eigenvalue weighted by Crippen LogP contribution is -2.44. The first kappa shape index (κ1) is 32.9. The van der Waals surface area contributed by atoms with Gasteiger partial charge in [-0.15, -0.1) is 0 Å². The van der Waals surface area contributed by atoms with Gasteiger partial charge in [0.15, 0.2) is 6.29 Å². The number of carboxylic acid groups (broad SMARTS) is 2. The first-order chi connectivity index (χ1) is 20.4. The van der Waals surface area contributed by atoms with Crippen molar-refractivity contribution < 1.29 is 59.0 Å². The molecule has 0 fully saturated rings. The number of ether oxygens (including phenoxy) is 2. The van der Waals surface area contributed by atoms with Crippen molar-refractivity contribution in [2.75, 3.05) is 18.5 Å². The third-order valence-electron chi connectivity index (χ3n) is 6.46. The van der Waals surface area contributed by atoms with Crippen molar-refractivity contribution in [2.24, 2.45) is 0 Å². The maximum Gasteiger partial charge on any atom is 0.326 e. The van der Waals surface area contributed by atoms with E-state index in [9.17, 15) is 44.4 Å². The lowest BCUT2D eigenvalue weighted by molar-refractivity contribution is -0.218. The van der Waals surface area contributed by atoms with E-state index in [1.54, 1.807) is 30.3 Å². The van der Waals surface area contributed by atoms with Crippen LogP contribution in [0.4, 0.5) is 5.69 Å². The topological polar surface area (TPSA) is 241 Å². The van der Waals surface area contributed by atoms with E-state index < -0.39 is 73.3 Å². The molecule has 0 aromatic heterocycles. The first-order valence-electron chi connectivity index (χ1n) is 13.2. The predicted octanol–water partition coefficient (Wildman–Crippen LogP) is 0.258. The molecule has 2 aromatic carbocycles. The van der Waals surface area contributed by atoms with Crippen LogP contribution in [0, 0.1) is 0 Å². The largest absolute Gasteiger partial charge is 0.510 e. The Hall–Kier alpha value is -4.57. The quantitative estimate of drug-likeness (QED) is 0.145. The van der Waals surface area contributed by atoms with E-state index in [1.807, 2.05) is 0 Å². The SMILES string of the molecule is C[C@@H](NC(=O)CCO[C@@H]1OC(CO)C(O)=CC1O)C(=O)Nc1ccc2ccccc2c1C(=O)NC(CCC(=O)O)C(=O)O. The van der Waals surface area contributed by atoms with Crippen molar-refractivity contribution in [1.29, 1.82) is 0 Å². The standard InChI is InChI=1S/C28H33N3O12/c1-14(29-22(35)10-11-42-28-20(34)12-19(33)21(13-32)43-28)25(38)30-17-7-6-15-4-2-3-5-16(15)24(17)26(39)31-18(27(40)41)8-9-23(36)37/h2-7,12,14,18,20-21,28,32-34H,8-11,13H2,1H3,(H,29,35)(H,30,38)(H,31,39)(H,36,37)(H,40,41)/t14-,18?,20?,21?,28-/m1/s1. The first-order valence-corrected chi connectivity index (χ1v) is 13.2. The normalized spacial score (nSPS) is 19.5. The van der Waals surface area contributed by atoms with Crippen molar-refractivity contribution in [3.05, 3.63) is 53.8 Å². The van der Waals surface area contributed by atoms with E-state index >= 15 is 0 Å². The summed E-state index contributed by atoms with van der Waals surface area (Å²) in [7, 11) is 0. The fourth-order valence-corrected chi connectivity index (χ4v) is 4.21. The summed E-state index contributed by atoms with van der Waals surface area (Å²) < 4.78 is 10.5. The molecule has 0 spiro atoms. The number of aliphatic carboxylic acids is 2. The van der Waals surface area contributed by atoms with Crippen LogP contribution in [0.15, 0.2) is 48.2 Å². The highest BCUT2D eigenvalue weighted by molar-refractivity contribution is 6.14. The van der Waals surface area contributed by atoms with Gasteiger partial charge >= 0.3 is 11.9 Å². The summed E-state index contributed by atoms with van der Waals surface area (Å²) in [4.78, 5) is 61.3. The van der Waals surface area contributed by atoms with Crippen LogP contribution in [0.1, 0.15) is 36.5 Å². The van der Waals surface area contributed by atoms with Crippen LogP contribution < -0.4 is 16.0 Å². The zero-order chi connectivity index (χ0) is 31.7. The molecule has 8 N–H and O–H groups in total. The Kier molecular flexibility index (Phi) is 11.5. The maximum absolute atomic E-state index is 13.3. The minimum Gasteiger partial charge on any atom is -0.510 e. The molecule has 0 saturated heterocycles. The molecule has 43 heavy (non-hydrogen) atoms. The van der Waals surface area contributed by atoms with Crippen LogP contribution in [-0.4, -0.2) is 99.0 Å². The van der Waals surface area contributed by atoms with Gasteiger partial charge in [0.05, 0.1) is 30.9 Å². The van der Waals surface area contributed by atoms with Gasteiger partial charge in [0.1, 0.15) is 30.1 Å². The molecule has 5 atom stereocenters. The summed E-state index contributed by atoms with van der Waals surface area (Å²) in [6.07, 6.45) is -3.66. The number of hydrogen-bond donors (Lipinski definition) is 8. The van der Waals surface area contributed by atoms with E-state index in [4.69, 9.17) is 14.6 Å². The Bertz CT molecular complexity index is 1390. The molecular formula is C28H33N3O12. The number of aliphatic hydroxyl groups is 3. The molecule has 232 valence electrons. The average molecular weight is 604 g/mol. The molecule has 3 unspecified atom stereocenters. The highest BCUT2D eigenvalue weighted by Gasteiger charge is 2.31. The van der Waals surface area contributed by atoms with Gasteiger partial charge < -0.3 is 51.0 Å². The van der Waals surface area contributed by atoms with Gasteiger partial charge in [0.25, 0.3) is 5.91 Å². The van der Waals surface area contributed by atoms with E-state index in [1.165, 1.54) is 13.0 Å². The van der Waals surface area contributed by atoms with E-state index in [-0.39, 0.29) is 36.5 Å². The lowest BCUT2D eigenvalue weighted by atomic mass is 10.0. The van der Waals surface area contributed by atoms with Crippen LogP contribution in [0.25, 0.3) is 10.8 Å². The maximum atomic E-state index is 13.3. The van der Waals surface area contributed by atoms with Crippen molar-refractivity contribution in [3.8, 4) is 0 Å². The Morgan fingerprint density at radius 1 is 1.02 bits per heavy atom. The van der Waals surface area contributed by atoms with Gasteiger partial charge in [-0.3, -0.25) is 19.2 Å². The number of rotatable bonds is 14. The minimum atomic E-state index is -1.50. The summed E-state index contributed by atoms with van der Waals surface area (Å²) in [5, 5.41) is 55.5. The van der Waals surface area contributed by atoms with Crippen molar-refractivity contribution >= 4 is 46.1 Å². The van der Waals surface area contributed by atoms with Crippen molar-refractivity contribution in [2.45, 2.75) is 56.8 Å². The summed E-state index contributed by atoms with van der Waals surface area (Å²) in [5.41, 5.74) is -0.0153. The van der Waals surface area contributed by atoms with Gasteiger partial charge in [-0.1, -0.05) is 30.3 Å². The zero-order valence-electron chi connectivity index (χ0n) is 23.1. The number of amides is 3. The highest BCUT2D eigenvalue weighted by atomic mass is 16.7. The van der Waals surface area contributed by atoms with Crippen molar-refractivity contribution in [3.63, 3.8) is 0 Å². The third kappa shape index (κ3) is 8.96. The number of carbonyl (C=O) groups excluding carboxylic acids is 3. The molecule has 3 rings (SSSR count). The number of nitrogens with one attached hydrogen (secondary N) is 3. The number of carbonyl (C=O) groups is 5. The van der Waals surface area contributed by atoms with Crippen LogP contribution in [0.5, 0.6) is 0 Å². The number of hydrogen-bond acceptors (Lipinski definition) is 10.